The molecular weight excluding hydrogens is 323 g/mol. The number of alkyl halides is 3. The minimum atomic E-state index is -4.62. The molecule has 0 aromatic heterocycles. The molecule has 1 aromatic carbocycles. The van der Waals surface area contributed by atoms with E-state index in [1.807, 2.05) is 6.07 Å². The molecule has 5 nitrogen and oxygen atoms in total. The largest absolute Gasteiger partial charge is 0.417 e. The Kier molecular flexibility index (Phi) is 5.47. The van der Waals surface area contributed by atoms with Gasteiger partial charge in [0.1, 0.15) is 0 Å². The van der Waals surface area contributed by atoms with Gasteiger partial charge in [0.05, 0.1) is 11.6 Å². The Balaban J connectivity index is 1.76. The van der Waals surface area contributed by atoms with Gasteiger partial charge in [-0.2, -0.15) is 18.4 Å². The number of nitrogens with one attached hydrogen (secondary N) is 1. The molecule has 1 saturated heterocycles. The average Bonchev–Trinajstić information content (AvgIpc) is 2.54. The van der Waals surface area contributed by atoms with Gasteiger partial charge in [0.2, 0.25) is 5.91 Å². The van der Waals surface area contributed by atoms with Crippen LogP contribution in [0.15, 0.2) is 24.3 Å². The van der Waals surface area contributed by atoms with Crippen LogP contribution in [-0.4, -0.2) is 47.3 Å². The standard InChI is InChI=1S/C16H18F3N3O2/c17-16(18,19)15(24)6-9-22(10-7-15)8-5-14(23)21-13-3-1-12(11-20)2-4-13/h1-4,24H,5-10H2,(H,21,23). The highest BCUT2D eigenvalue weighted by Gasteiger charge is 2.54. The zero-order chi connectivity index (χ0) is 17.8. The van der Waals surface area contributed by atoms with Crippen LogP contribution in [0.4, 0.5) is 18.9 Å². The molecule has 2 rings (SSSR count). The zero-order valence-corrected chi connectivity index (χ0v) is 12.9. The van der Waals surface area contributed by atoms with Crippen LogP contribution >= 0.6 is 0 Å². The maximum Gasteiger partial charge on any atom is 0.417 e. The van der Waals surface area contributed by atoms with Crippen molar-refractivity contribution in [1.29, 1.82) is 5.26 Å². The van der Waals surface area contributed by atoms with E-state index in [1.165, 1.54) is 0 Å². The van der Waals surface area contributed by atoms with Crippen LogP contribution in [0.25, 0.3) is 0 Å². The summed E-state index contributed by atoms with van der Waals surface area (Å²) in [6.07, 6.45) is -5.24. The quantitative estimate of drug-likeness (QED) is 0.881. The number of hydrogen-bond acceptors (Lipinski definition) is 4. The first-order chi connectivity index (χ1) is 11.2. The average molecular weight is 341 g/mol. The van der Waals surface area contributed by atoms with E-state index >= 15 is 0 Å². The Labute approximate surface area is 137 Å². The van der Waals surface area contributed by atoms with Crippen LogP contribution in [-0.2, 0) is 4.79 Å². The van der Waals surface area contributed by atoms with E-state index in [-0.39, 0.29) is 38.3 Å². The first-order valence-electron chi connectivity index (χ1n) is 7.55. The number of carbonyl (C=O) groups is 1. The summed E-state index contributed by atoms with van der Waals surface area (Å²) in [7, 11) is 0. The SMILES string of the molecule is N#Cc1ccc(NC(=O)CCN2CCC(O)(C(F)(F)F)CC2)cc1. The second-order valence-electron chi connectivity index (χ2n) is 5.86. The Bertz CT molecular complexity index is 615. The van der Waals surface area contributed by atoms with Crippen LogP contribution in [0.1, 0.15) is 24.8 Å². The van der Waals surface area contributed by atoms with Gasteiger partial charge >= 0.3 is 6.18 Å². The van der Waals surface area contributed by atoms with Gasteiger partial charge in [-0.25, -0.2) is 0 Å². The van der Waals surface area contributed by atoms with Crippen molar-refractivity contribution in [1.82, 2.24) is 4.90 Å². The van der Waals surface area contributed by atoms with Gasteiger partial charge < -0.3 is 15.3 Å². The molecule has 130 valence electrons. The number of anilines is 1. The summed E-state index contributed by atoms with van der Waals surface area (Å²) in [5, 5.41) is 21.0. The van der Waals surface area contributed by atoms with Crippen molar-refractivity contribution in [3.05, 3.63) is 29.8 Å². The minimum Gasteiger partial charge on any atom is -0.380 e. The predicted octanol–water partition coefficient (Wildman–Crippen LogP) is 2.28. The number of halogens is 3. The number of nitrogens with zero attached hydrogens (tertiary/aromatic N) is 2. The fraction of sp³-hybridized carbons (Fsp3) is 0.500. The lowest BCUT2D eigenvalue weighted by molar-refractivity contribution is -0.272. The number of likely N-dealkylation sites (tertiary alicyclic amines) is 1. The van der Waals surface area contributed by atoms with Crippen LogP contribution in [0.3, 0.4) is 0 Å². The molecule has 24 heavy (non-hydrogen) atoms. The number of aliphatic hydroxyl groups is 1. The molecule has 0 radical (unpaired) electrons. The number of piperidine rings is 1. The molecular formula is C16H18F3N3O2. The summed E-state index contributed by atoms with van der Waals surface area (Å²) in [5.41, 5.74) is -1.57. The molecule has 0 unspecified atom stereocenters. The van der Waals surface area contributed by atoms with E-state index in [2.05, 4.69) is 5.32 Å². The summed E-state index contributed by atoms with van der Waals surface area (Å²) < 4.78 is 38.1. The highest BCUT2D eigenvalue weighted by atomic mass is 19.4. The van der Waals surface area contributed by atoms with Crippen molar-refractivity contribution in [2.24, 2.45) is 0 Å². The first kappa shape index (κ1) is 18.2. The Morgan fingerprint density at radius 1 is 1.29 bits per heavy atom. The zero-order valence-electron chi connectivity index (χ0n) is 12.9. The van der Waals surface area contributed by atoms with Crippen LogP contribution in [0, 0.1) is 11.3 Å². The third kappa shape index (κ3) is 4.46. The molecule has 1 aliphatic rings. The molecule has 0 saturated carbocycles. The smallest absolute Gasteiger partial charge is 0.380 e. The summed E-state index contributed by atoms with van der Waals surface area (Å²) >= 11 is 0. The third-order valence-electron chi connectivity index (χ3n) is 4.16. The van der Waals surface area contributed by atoms with E-state index in [1.54, 1.807) is 29.2 Å². The summed E-state index contributed by atoms with van der Waals surface area (Å²) in [6, 6.07) is 8.36. The predicted molar refractivity (Wildman–Crippen MR) is 81.1 cm³/mol. The van der Waals surface area contributed by atoms with Crippen molar-refractivity contribution in [2.75, 3.05) is 25.0 Å². The van der Waals surface area contributed by atoms with Crippen molar-refractivity contribution in [3.63, 3.8) is 0 Å². The lowest BCUT2D eigenvalue weighted by atomic mass is 9.91. The second kappa shape index (κ2) is 7.20. The van der Waals surface area contributed by atoms with Crippen LogP contribution < -0.4 is 5.32 Å². The van der Waals surface area contributed by atoms with Gasteiger partial charge in [-0.3, -0.25) is 4.79 Å². The number of rotatable bonds is 4. The molecule has 0 aliphatic carbocycles. The molecule has 8 heteroatoms. The first-order valence-corrected chi connectivity index (χ1v) is 7.55. The normalized spacial score (nSPS) is 18.0. The lowest BCUT2D eigenvalue weighted by Crippen LogP contribution is -2.53. The summed E-state index contributed by atoms with van der Waals surface area (Å²) in [4.78, 5) is 13.6. The fourth-order valence-corrected chi connectivity index (χ4v) is 2.54. The maximum atomic E-state index is 12.7. The van der Waals surface area contributed by atoms with E-state index in [9.17, 15) is 23.1 Å². The minimum absolute atomic E-state index is 0.0974. The molecule has 1 aliphatic heterocycles. The van der Waals surface area contributed by atoms with Crippen molar-refractivity contribution in [2.45, 2.75) is 31.0 Å². The number of nitriles is 1. The Hall–Kier alpha value is -2.11. The highest BCUT2D eigenvalue weighted by molar-refractivity contribution is 5.90. The molecule has 0 atom stereocenters. The van der Waals surface area contributed by atoms with Gasteiger partial charge in [0.25, 0.3) is 0 Å². The van der Waals surface area contributed by atoms with E-state index < -0.39 is 11.8 Å². The molecule has 1 heterocycles. The van der Waals surface area contributed by atoms with Gasteiger partial charge in [-0.15, -0.1) is 0 Å². The topological polar surface area (TPSA) is 76.4 Å². The highest BCUT2D eigenvalue weighted by Crippen LogP contribution is 2.38. The van der Waals surface area contributed by atoms with Gasteiger partial charge in [0.15, 0.2) is 5.60 Å². The number of amides is 1. The van der Waals surface area contributed by atoms with Crippen molar-refractivity contribution in [3.8, 4) is 6.07 Å². The van der Waals surface area contributed by atoms with Crippen molar-refractivity contribution >= 4 is 11.6 Å². The molecule has 0 bridgehead atoms. The number of hydrogen-bond donors (Lipinski definition) is 2. The van der Waals surface area contributed by atoms with Crippen LogP contribution in [0.2, 0.25) is 0 Å². The molecule has 1 fully saturated rings. The summed E-state index contributed by atoms with van der Waals surface area (Å²) in [6.45, 7) is 0.524. The fourth-order valence-electron chi connectivity index (χ4n) is 2.54. The molecule has 1 amide bonds. The van der Waals surface area contributed by atoms with Crippen molar-refractivity contribution < 1.29 is 23.1 Å². The monoisotopic (exact) mass is 341 g/mol. The number of carbonyl (C=O) groups excluding carboxylic acids is 1. The van der Waals surface area contributed by atoms with Gasteiger partial charge in [-0.05, 0) is 37.1 Å². The van der Waals surface area contributed by atoms with E-state index in [4.69, 9.17) is 5.26 Å². The third-order valence-corrected chi connectivity index (χ3v) is 4.16. The Morgan fingerprint density at radius 2 is 1.88 bits per heavy atom. The molecule has 0 spiro atoms. The number of benzene rings is 1. The maximum absolute atomic E-state index is 12.7. The Morgan fingerprint density at radius 3 is 2.38 bits per heavy atom. The molecule has 1 aromatic rings. The summed E-state index contributed by atoms with van der Waals surface area (Å²) in [5.74, 6) is -0.253. The van der Waals surface area contributed by atoms with E-state index in [0.717, 1.165) is 0 Å². The van der Waals surface area contributed by atoms with Crippen LogP contribution in [0.5, 0.6) is 0 Å². The van der Waals surface area contributed by atoms with Gasteiger partial charge in [-0.1, -0.05) is 0 Å². The molecule has 2 N–H and O–H groups in total. The van der Waals surface area contributed by atoms with E-state index in [0.29, 0.717) is 17.8 Å². The second-order valence-corrected chi connectivity index (χ2v) is 5.86. The lowest BCUT2D eigenvalue weighted by Gasteiger charge is -2.39. The van der Waals surface area contributed by atoms with Gasteiger partial charge in [0, 0.05) is 31.7 Å².